The van der Waals surface area contributed by atoms with Crippen LogP contribution in [0.5, 0.6) is 0 Å². The zero-order valence-corrected chi connectivity index (χ0v) is 11.4. The Bertz CT molecular complexity index is 515. The van der Waals surface area contributed by atoms with E-state index in [1.54, 1.807) is 6.08 Å². The third-order valence-corrected chi connectivity index (χ3v) is 3.83. The number of rotatable bonds is 5. The lowest BCUT2D eigenvalue weighted by molar-refractivity contribution is 0.138. The lowest BCUT2D eigenvalue weighted by Crippen LogP contribution is -2.26. The van der Waals surface area contributed by atoms with Gasteiger partial charge in [0.1, 0.15) is 5.02 Å². The minimum absolute atomic E-state index is 0.129. The van der Waals surface area contributed by atoms with Gasteiger partial charge in [-0.1, -0.05) is 24.1 Å². The molecule has 0 amide bonds. The Morgan fingerprint density at radius 2 is 2.42 bits per heavy atom. The van der Waals surface area contributed by atoms with E-state index in [-0.39, 0.29) is 22.6 Å². The average Bonchev–Trinajstić information content (AvgIpc) is 2.80. The topological polar surface area (TPSA) is 67.2 Å². The summed E-state index contributed by atoms with van der Waals surface area (Å²) in [5, 5.41) is 17.0. The van der Waals surface area contributed by atoms with Crippen LogP contribution in [0, 0.1) is 5.92 Å². The van der Waals surface area contributed by atoms with Crippen molar-refractivity contribution in [1.29, 1.82) is 0 Å². The molecule has 19 heavy (non-hydrogen) atoms. The van der Waals surface area contributed by atoms with Gasteiger partial charge in [-0.05, 0) is 12.8 Å². The number of nitrogens with one attached hydrogen (secondary N) is 1. The maximum absolute atomic E-state index is 11.9. The summed E-state index contributed by atoms with van der Waals surface area (Å²) in [5.74, 6) is 0.215. The molecule has 1 saturated carbocycles. The highest BCUT2D eigenvalue weighted by atomic mass is 35.5. The first kappa shape index (κ1) is 14.1. The maximum atomic E-state index is 11.9. The Labute approximate surface area is 116 Å². The smallest absolute Gasteiger partial charge is 0.287 e. The van der Waals surface area contributed by atoms with Gasteiger partial charge in [0.25, 0.3) is 5.56 Å². The summed E-state index contributed by atoms with van der Waals surface area (Å²) in [5.41, 5.74) is 0.185. The molecule has 1 aliphatic rings. The molecule has 5 nitrogen and oxygen atoms in total. The normalized spacial score (nSPS) is 22.4. The van der Waals surface area contributed by atoms with Crippen molar-refractivity contribution in [3.63, 3.8) is 0 Å². The molecule has 0 spiro atoms. The Kier molecular flexibility index (Phi) is 4.61. The molecule has 0 radical (unpaired) electrons. The van der Waals surface area contributed by atoms with Crippen molar-refractivity contribution in [3.05, 3.63) is 34.2 Å². The molecule has 2 atom stereocenters. The van der Waals surface area contributed by atoms with E-state index in [0.29, 0.717) is 18.8 Å². The predicted octanol–water partition coefficient (Wildman–Crippen LogP) is 1.66. The third kappa shape index (κ3) is 3.16. The number of allylic oxidation sites excluding steroid dienone is 1. The number of hydrogen-bond donors (Lipinski definition) is 2. The van der Waals surface area contributed by atoms with Crippen LogP contribution in [0.3, 0.4) is 0 Å². The van der Waals surface area contributed by atoms with Crippen LogP contribution in [-0.2, 0) is 6.54 Å². The van der Waals surface area contributed by atoms with Gasteiger partial charge in [-0.2, -0.15) is 5.10 Å². The molecule has 1 aromatic rings. The van der Waals surface area contributed by atoms with E-state index in [0.717, 1.165) is 19.3 Å². The highest BCUT2D eigenvalue weighted by Gasteiger charge is 2.25. The van der Waals surface area contributed by atoms with Crippen molar-refractivity contribution >= 4 is 17.3 Å². The second-order valence-electron chi connectivity index (χ2n) is 4.79. The summed E-state index contributed by atoms with van der Waals surface area (Å²) >= 11 is 6.02. The zero-order chi connectivity index (χ0) is 13.8. The Balaban J connectivity index is 2.06. The fourth-order valence-corrected chi connectivity index (χ4v) is 2.55. The van der Waals surface area contributed by atoms with Gasteiger partial charge in [0.15, 0.2) is 0 Å². The van der Waals surface area contributed by atoms with E-state index in [9.17, 15) is 9.90 Å². The second-order valence-corrected chi connectivity index (χ2v) is 5.17. The van der Waals surface area contributed by atoms with Gasteiger partial charge in [0.05, 0.1) is 24.5 Å². The van der Waals surface area contributed by atoms with Gasteiger partial charge in [-0.25, -0.2) is 4.68 Å². The average molecular weight is 284 g/mol. The van der Waals surface area contributed by atoms with Gasteiger partial charge in [-0.15, -0.1) is 6.58 Å². The SMILES string of the molecule is C=CCn1ncc(NCC2CCCC2O)c(Cl)c1=O. The molecule has 1 aliphatic carbocycles. The van der Waals surface area contributed by atoms with Crippen molar-refractivity contribution in [3.8, 4) is 0 Å². The molecule has 2 rings (SSSR count). The van der Waals surface area contributed by atoms with E-state index in [2.05, 4.69) is 17.0 Å². The van der Waals surface area contributed by atoms with E-state index < -0.39 is 0 Å². The molecule has 1 heterocycles. The summed E-state index contributed by atoms with van der Waals surface area (Å²) in [6.07, 6.45) is 5.74. The lowest BCUT2D eigenvalue weighted by Gasteiger charge is -2.16. The van der Waals surface area contributed by atoms with Crippen molar-refractivity contribution in [1.82, 2.24) is 9.78 Å². The van der Waals surface area contributed by atoms with Gasteiger partial charge >= 0.3 is 0 Å². The molecule has 104 valence electrons. The summed E-state index contributed by atoms with van der Waals surface area (Å²) in [6.45, 7) is 4.50. The molecule has 1 fully saturated rings. The van der Waals surface area contributed by atoms with Crippen LogP contribution in [0.25, 0.3) is 0 Å². The minimum atomic E-state index is -0.335. The number of hydrogen-bond acceptors (Lipinski definition) is 4. The first-order chi connectivity index (χ1) is 9.13. The third-order valence-electron chi connectivity index (χ3n) is 3.46. The molecule has 0 saturated heterocycles. The van der Waals surface area contributed by atoms with Crippen LogP contribution in [-0.4, -0.2) is 27.5 Å². The summed E-state index contributed by atoms with van der Waals surface area (Å²) in [7, 11) is 0. The Morgan fingerprint density at radius 3 is 3.05 bits per heavy atom. The van der Waals surface area contributed by atoms with Crippen LogP contribution in [0.2, 0.25) is 5.02 Å². The van der Waals surface area contributed by atoms with Crippen molar-refractivity contribution in [2.45, 2.75) is 31.9 Å². The fourth-order valence-electron chi connectivity index (χ4n) is 2.34. The quantitative estimate of drug-likeness (QED) is 0.807. The highest BCUT2D eigenvalue weighted by Crippen LogP contribution is 2.26. The molecule has 0 aromatic carbocycles. The van der Waals surface area contributed by atoms with Crippen LogP contribution in [0.15, 0.2) is 23.6 Å². The Morgan fingerprint density at radius 1 is 1.63 bits per heavy atom. The second kappa shape index (κ2) is 6.21. The number of halogens is 1. The zero-order valence-electron chi connectivity index (χ0n) is 10.7. The van der Waals surface area contributed by atoms with Crippen molar-refractivity contribution in [2.75, 3.05) is 11.9 Å². The molecule has 6 heteroatoms. The highest BCUT2D eigenvalue weighted by molar-refractivity contribution is 6.32. The molecular weight excluding hydrogens is 266 g/mol. The molecule has 0 bridgehead atoms. The molecule has 0 aliphatic heterocycles. The maximum Gasteiger partial charge on any atom is 0.287 e. The van der Waals surface area contributed by atoms with E-state index >= 15 is 0 Å². The minimum Gasteiger partial charge on any atom is -0.393 e. The van der Waals surface area contributed by atoms with Crippen molar-refractivity contribution < 1.29 is 5.11 Å². The Hall–Kier alpha value is -1.33. The standard InChI is InChI=1S/C13H18ClN3O2/c1-2-6-17-13(19)12(14)10(8-16-17)15-7-9-4-3-5-11(9)18/h2,8-9,11,15,18H,1,3-7H2. The molecule has 2 N–H and O–H groups in total. The van der Waals surface area contributed by atoms with Crippen LogP contribution >= 0.6 is 11.6 Å². The first-order valence-corrected chi connectivity index (χ1v) is 6.79. The number of aromatic nitrogens is 2. The summed E-state index contributed by atoms with van der Waals surface area (Å²) in [6, 6.07) is 0. The summed E-state index contributed by atoms with van der Waals surface area (Å²) < 4.78 is 1.25. The van der Waals surface area contributed by atoms with Gasteiger partial charge in [0.2, 0.25) is 0 Å². The monoisotopic (exact) mass is 283 g/mol. The number of aliphatic hydroxyl groups is 1. The van der Waals surface area contributed by atoms with E-state index in [1.165, 1.54) is 10.9 Å². The van der Waals surface area contributed by atoms with Crippen molar-refractivity contribution in [2.24, 2.45) is 5.92 Å². The lowest BCUT2D eigenvalue weighted by atomic mass is 10.1. The summed E-state index contributed by atoms with van der Waals surface area (Å²) in [4.78, 5) is 11.9. The van der Waals surface area contributed by atoms with Crippen LogP contribution in [0.4, 0.5) is 5.69 Å². The largest absolute Gasteiger partial charge is 0.393 e. The van der Waals surface area contributed by atoms with Gasteiger partial charge in [0, 0.05) is 12.5 Å². The fraction of sp³-hybridized carbons (Fsp3) is 0.538. The van der Waals surface area contributed by atoms with Crippen LogP contribution < -0.4 is 10.9 Å². The van der Waals surface area contributed by atoms with Gasteiger partial charge < -0.3 is 10.4 Å². The number of nitrogens with zero attached hydrogens (tertiary/aromatic N) is 2. The number of aliphatic hydroxyl groups excluding tert-OH is 1. The van der Waals surface area contributed by atoms with Gasteiger partial charge in [-0.3, -0.25) is 4.79 Å². The number of anilines is 1. The van der Waals surface area contributed by atoms with Crippen LogP contribution in [0.1, 0.15) is 19.3 Å². The molecule has 1 aromatic heterocycles. The van der Waals surface area contributed by atoms with E-state index in [4.69, 9.17) is 11.6 Å². The van der Waals surface area contributed by atoms with E-state index in [1.807, 2.05) is 0 Å². The molecule has 2 unspecified atom stereocenters. The predicted molar refractivity (Wildman–Crippen MR) is 75.5 cm³/mol. The first-order valence-electron chi connectivity index (χ1n) is 6.42. The molecular formula is C13H18ClN3O2.